The number of nitrogens with zero attached hydrogens (tertiary/aromatic N) is 1. The van der Waals surface area contributed by atoms with Crippen LogP contribution in [0.15, 0.2) is 18.2 Å². The van der Waals surface area contributed by atoms with Gasteiger partial charge in [0.1, 0.15) is 5.82 Å². The van der Waals surface area contributed by atoms with E-state index in [1.54, 1.807) is 6.07 Å². The first-order chi connectivity index (χ1) is 9.24. The molecule has 0 aromatic heterocycles. The van der Waals surface area contributed by atoms with Gasteiger partial charge in [0, 0.05) is 24.3 Å². The molecule has 0 saturated heterocycles. The highest BCUT2D eigenvalue weighted by atomic mass is 19.1. The van der Waals surface area contributed by atoms with Gasteiger partial charge in [-0.1, -0.05) is 32.8 Å². The minimum atomic E-state index is -0.124. The Hall–Kier alpha value is -1.09. The van der Waals surface area contributed by atoms with Crippen molar-refractivity contribution in [2.75, 3.05) is 24.5 Å². The molecule has 0 radical (unpaired) electrons. The van der Waals surface area contributed by atoms with Crippen LogP contribution in [0.3, 0.4) is 0 Å². The van der Waals surface area contributed by atoms with E-state index in [0.717, 1.165) is 50.0 Å². The van der Waals surface area contributed by atoms with Crippen molar-refractivity contribution in [3.8, 4) is 0 Å². The van der Waals surface area contributed by atoms with Crippen LogP contribution in [0.1, 0.15) is 45.1 Å². The Balaban J connectivity index is 2.95. The van der Waals surface area contributed by atoms with Crippen LogP contribution >= 0.6 is 0 Å². The van der Waals surface area contributed by atoms with Crippen LogP contribution in [0.2, 0.25) is 0 Å². The molecule has 3 heteroatoms. The van der Waals surface area contributed by atoms with Crippen LogP contribution in [0.5, 0.6) is 0 Å². The van der Waals surface area contributed by atoms with Gasteiger partial charge in [-0.3, -0.25) is 0 Å². The number of anilines is 1. The molecule has 0 atom stereocenters. The number of unbranched alkanes of at least 4 members (excludes halogenated alkanes) is 2. The first-order valence-electron chi connectivity index (χ1n) is 7.47. The number of hydrogen-bond acceptors (Lipinski definition) is 2. The maximum Gasteiger partial charge on any atom is 0.128 e. The van der Waals surface area contributed by atoms with Gasteiger partial charge in [-0.05, 0) is 37.9 Å². The summed E-state index contributed by atoms with van der Waals surface area (Å²) in [4.78, 5) is 2.32. The van der Waals surface area contributed by atoms with E-state index >= 15 is 0 Å². The molecule has 0 amide bonds. The summed E-state index contributed by atoms with van der Waals surface area (Å²) in [7, 11) is 0. The summed E-state index contributed by atoms with van der Waals surface area (Å²) in [5, 5.41) is 0. The Morgan fingerprint density at radius 3 is 2.26 bits per heavy atom. The molecule has 1 rings (SSSR count). The van der Waals surface area contributed by atoms with Gasteiger partial charge in [0.15, 0.2) is 0 Å². The smallest absolute Gasteiger partial charge is 0.128 e. The Bertz CT molecular complexity index is 358. The molecule has 0 saturated carbocycles. The highest BCUT2D eigenvalue weighted by molar-refractivity contribution is 5.54. The molecule has 0 aliphatic heterocycles. The fourth-order valence-electron chi connectivity index (χ4n) is 2.29. The Morgan fingerprint density at radius 2 is 1.74 bits per heavy atom. The molecule has 2 nitrogen and oxygen atoms in total. The third kappa shape index (κ3) is 4.83. The van der Waals surface area contributed by atoms with Crippen LogP contribution in [-0.4, -0.2) is 19.6 Å². The average Bonchev–Trinajstić information content (AvgIpc) is 2.42. The summed E-state index contributed by atoms with van der Waals surface area (Å²) in [5.41, 5.74) is 7.42. The van der Waals surface area contributed by atoms with Gasteiger partial charge in [-0.15, -0.1) is 0 Å². The standard InChI is InChI=1S/C16H27FN2/c1-3-5-12-19(13-6-4-2)16-9-7-8-15(17)14(16)10-11-18/h7-9H,3-6,10-13,18H2,1-2H3. The second-order valence-corrected chi connectivity index (χ2v) is 4.97. The van der Waals surface area contributed by atoms with E-state index in [2.05, 4.69) is 18.7 Å². The number of hydrogen-bond donors (Lipinski definition) is 1. The lowest BCUT2D eigenvalue weighted by molar-refractivity contribution is 0.604. The van der Waals surface area contributed by atoms with Crippen molar-refractivity contribution in [3.05, 3.63) is 29.6 Å². The maximum absolute atomic E-state index is 14.0. The van der Waals surface area contributed by atoms with E-state index in [1.807, 2.05) is 6.07 Å². The van der Waals surface area contributed by atoms with Crippen LogP contribution in [0, 0.1) is 5.82 Å². The molecule has 0 heterocycles. The topological polar surface area (TPSA) is 29.3 Å². The lowest BCUT2D eigenvalue weighted by Gasteiger charge is -2.27. The van der Waals surface area contributed by atoms with Gasteiger partial charge < -0.3 is 10.6 Å². The number of benzene rings is 1. The van der Waals surface area contributed by atoms with Crippen molar-refractivity contribution >= 4 is 5.69 Å². The summed E-state index contributed by atoms with van der Waals surface area (Å²) in [5.74, 6) is -0.124. The van der Waals surface area contributed by atoms with Crippen molar-refractivity contribution in [1.29, 1.82) is 0 Å². The van der Waals surface area contributed by atoms with Crippen LogP contribution in [0.25, 0.3) is 0 Å². The minimum Gasteiger partial charge on any atom is -0.371 e. The lowest BCUT2D eigenvalue weighted by Crippen LogP contribution is -2.27. The Labute approximate surface area is 116 Å². The van der Waals surface area contributed by atoms with E-state index in [-0.39, 0.29) is 5.82 Å². The second kappa shape index (κ2) is 8.92. The Kier molecular flexibility index (Phi) is 7.49. The normalized spacial score (nSPS) is 10.7. The summed E-state index contributed by atoms with van der Waals surface area (Å²) in [6, 6.07) is 5.36. The van der Waals surface area contributed by atoms with Crippen molar-refractivity contribution < 1.29 is 4.39 Å². The zero-order valence-corrected chi connectivity index (χ0v) is 12.3. The van der Waals surface area contributed by atoms with Crippen molar-refractivity contribution in [1.82, 2.24) is 0 Å². The quantitative estimate of drug-likeness (QED) is 0.738. The zero-order valence-electron chi connectivity index (χ0n) is 12.3. The number of rotatable bonds is 9. The molecular formula is C16H27FN2. The Morgan fingerprint density at radius 1 is 1.11 bits per heavy atom. The summed E-state index contributed by atoms with van der Waals surface area (Å²) >= 11 is 0. The van der Waals surface area contributed by atoms with Crippen LogP contribution in [0.4, 0.5) is 10.1 Å². The van der Waals surface area contributed by atoms with Crippen LogP contribution in [-0.2, 0) is 6.42 Å². The predicted octanol–water partition coefficient (Wildman–Crippen LogP) is 3.73. The largest absolute Gasteiger partial charge is 0.371 e. The predicted molar refractivity (Wildman–Crippen MR) is 81.2 cm³/mol. The molecule has 0 aliphatic rings. The number of nitrogens with two attached hydrogens (primary N) is 1. The molecule has 0 fully saturated rings. The fraction of sp³-hybridized carbons (Fsp3) is 0.625. The van der Waals surface area contributed by atoms with Crippen molar-refractivity contribution in [2.24, 2.45) is 5.73 Å². The fourth-order valence-corrected chi connectivity index (χ4v) is 2.29. The zero-order chi connectivity index (χ0) is 14.1. The van der Waals surface area contributed by atoms with Gasteiger partial charge in [0.05, 0.1) is 0 Å². The molecule has 0 unspecified atom stereocenters. The first kappa shape index (κ1) is 16.0. The van der Waals surface area contributed by atoms with Crippen molar-refractivity contribution in [3.63, 3.8) is 0 Å². The molecule has 1 aromatic rings. The van der Waals surface area contributed by atoms with E-state index in [0.29, 0.717) is 13.0 Å². The summed E-state index contributed by atoms with van der Waals surface area (Å²) in [6.45, 7) is 6.85. The maximum atomic E-state index is 14.0. The third-order valence-corrected chi connectivity index (χ3v) is 3.39. The van der Waals surface area contributed by atoms with E-state index in [1.165, 1.54) is 6.07 Å². The van der Waals surface area contributed by atoms with E-state index in [4.69, 9.17) is 5.73 Å². The molecular weight excluding hydrogens is 239 g/mol. The highest BCUT2D eigenvalue weighted by Gasteiger charge is 2.13. The second-order valence-electron chi connectivity index (χ2n) is 4.97. The van der Waals surface area contributed by atoms with Gasteiger partial charge >= 0.3 is 0 Å². The SMILES string of the molecule is CCCCN(CCCC)c1cccc(F)c1CCN. The monoisotopic (exact) mass is 266 g/mol. The van der Waals surface area contributed by atoms with E-state index < -0.39 is 0 Å². The molecule has 0 spiro atoms. The summed E-state index contributed by atoms with van der Waals surface area (Å²) < 4.78 is 14.0. The molecule has 19 heavy (non-hydrogen) atoms. The highest BCUT2D eigenvalue weighted by Crippen LogP contribution is 2.24. The molecule has 1 aromatic carbocycles. The molecule has 0 bridgehead atoms. The van der Waals surface area contributed by atoms with Gasteiger partial charge in [0.25, 0.3) is 0 Å². The third-order valence-electron chi connectivity index (χ3n) is 3.39. The number of halogens is 1. The molecule has 2 N–H and O–H groups in total. The van der Waals surface area contributed by atoms with E-state index in [9.17, 15) is 4.39 Å². The van der Waals surface area contributed by atoms with Gasteiger partial charge in [0.2, 0.25) is 0 Å². The average molecular weight is 266 g/mol. The lowest BCUT2D eigenvalue weighted by atomic mass is 10.1. The molecule has 108 valence electrons. The molecule has 0 aliphatic carbocycles. The first-order valence-corrected chi connectivity index (χ1v) is 7.47. The summed E-state index contributed by atoms with van der Waals surface area (Å²) in [6.07, 6.45) is 5.20. The van der Waals surface area contributed by atoms with Crippen molar-refractivity contribution in [2.45, 2.75) is 46.0 Å². The van der Waals surface area contributed by atoms with Crippen LogP contribution < -0.4 is 10.6 Å². The minimum absolute atomic E-state index is 0.124. The van der Waals surface area contributed by atoms with Gasteiger partial charge in [-0.2, -0.15) is 0 Å². The van der Waals surface area contributed by atoms with Gasteiger partial charge in [-0.25, -0.2) is 4.39 Å².